The Morgan fingerprint density at radius 1 is 1.00 bits per heavy atom. The van der Waals surface area contributed by atoms with E-state index in [4.69, 9.17) is 32.7 Å². The SMILES string of the molecule is COc1ccccc1C[C@H]1COC[C@@H]1Cc1ccc(Cl)c(Cl)c1. The van der Waals surface area contributed by atoms with Gasteiger partial charge in [-0.25, -0.2) is 0 Å². The Kier molecular flexibility index (Phi) is 5.47. The third-order valence-electron chi connectivity index (χ3n) is 4.49. The van der Waals surface area contributed by atoms with Crippen molar-refractivity contribution in [3.05, 3.63) is 63.6 Å². The van der Waals surface area contributed by atoms with Crippen molar-refractivity contribution >= 4 is 23.2 Å². The topological polar surface area (TPSA) is 18.5 Å². The van der Waals surface area contributed by atoms with Gasteiger partial charge in [-0.15, -0.1) is 0 Å². The summed E-state index contributed by atoms with van der Waals surface area (Å²) < 4.78 is 11.2. The minimum Gasteiger partial charge on any atom is -0.496 e. The van der Waals surface area contributed by atoms with Gasteiger partial charge in [-0.05, 0) is 54.0 Å². The zero-order valence-corrected chi connectivity index (χ0v) is 14.6. The molecule has 1 aliphatic rings. The van der Waals surface area contributed by atoms with E-state index in [2.05, 4.69) is 12.1 Å². The maximum absolute atomic E-state index is 6.13. The summed E-state index contributed by atoms with van der Waals surface area (Å²) in [5.41, 5.74) is 2.45. The fraction of sp³-hybridized carbons (Fsp3) is 0.368. The highest BCUT2D eigenvalue weighted by Gasteiger charge is 2.29. The lowest BCUT2D eigenvalue weighted by Gasteiger charge is -2.19. The Bertz CT molecular complexity index is 672. The molecule has 0 amide bonds. The average Bonchev–Trinajstić information content (AvgIpc) is 2.98. The lowest BCUT2D eigenvalue weighted by Crippen LogP contribution is -2.18. The smallest absolute Gasteiger partial charge is 0.122 e. The standard InChI is InChI=1S/C19H20Cl2O2/c1-22-19-5-3-2-4-14(19)10-16-12-23-11-15(16)8-13-6-7-17(20)18(21)9-13/h2-7,9,15-16H,8,10-12H2,1H3/t15-,16-/m0/s1. The second-order valence-corrected chi connectivity index (χ2v) is 6.84. The lowest BCUT2D eigenvalue weighted by molar-refractivity contribution is 0.180. The normalized spacial score (nSPS) is 20.7. The van der Waals surface area contributed by atoms with Crippen LogP contribution in [-0.4, -0.2) is 20.3 Å². The molecule has 2 nitrogen and oxygen atoms in total. The summed E-state index contributed by atoms with van der Waals surface area (Å²) in [6.45, 7) is 1.59. The molecule has 2 aromatic carbocycles. The third-order valence-corrected chi connectivity index (χ3v) is 5.23. The fourth-order valence-electron chi connectivity index (χ4n) is 3.22. The number of para-hydroxylation sites is 1. The van der Waals surface area contributed by atoms with E-state index >= 15 is 0 Å². The Morgan fingerprint density at radius 3 is 2.48 bits per heavy atom. The van der Waals surface area contributed by atoms with Crippen LogP contribution in [0.4, 0.5) is 0 Å². The van der Waals surface area contributed by atoms with Crippen LogP contribution < -0.4 is 4.74 Å². The Balaban J connectivity index is 1.71. The van der Waals surface area contributed by atoms with Crippen molar-refractivity contribution in [1.82, 2.24) is 0 Å². The molecule has 0 unspecified atom stereocenters. The number of hydrogen-bond acceptors (Lipinski definition) is 2. The van der Waals surface area contributed by atoms with Gasteiger partial charge in [-0.3, -0.25) is 0 Å². The Hall–Kier alpha value is -1.22. The molecular formula is C19H20Cl2O2. The van der Waals surface area contributed by atoms with Crippen LogP contribution in [-0.2, 0) is 17.6 Å². The molecule has 1 aliphatic heterocycles. The largest absolute Gasteiger partial charge is 0.496 e. The van der Waals surface area contributed by atoms with Gasteiger partial charge in [0.1, 0.15) is 5.75 Å². The first-order valence-electron chi connectivity index (χ1n) is 7.81. The summed E-state index contributed by atoms with van der Waals surface area (Å²) in [5, 5.41) is 1.22. The zero-order chi connectivity index (χ0) is 16.2. The minimum absolute atomic E-state index is 0.483. The van der Waals surface area contributed by atoms with Crippen molar-refractivity contribution in [3.8, 4) is 5.75 Å². The van der Waals surface area contributed by atoms with E-state index in [0.717, 1.165) is 31.8 Å². The highest BCUT2D eigenvalue weighted by atomic mass is 35.5. The molecule has 2 aromatic rings. The van der Waals surface area contributed by atoms with Gasteiger partial charge in [-0.1, -0.05) is 47.5 Å². The second kappa shape index (κ2) is 7.57. The van der Waals surface area contributed by atoms with Crippen LogP contribution in [0, 0.1) is 11.8 Å². The molecule has 3 rings (SSSR count). The van der Waals surface area contributed by atoms with Crippen molar-refractivity contribution in [2.75, 3.05) is 20.3 Å². The van der Waals surface area contributed by atoms with Gasteiger partial charge >= 0.3 is 0 Å². The Labute approximate surface area is 147 Å². The maximum atomic E-state index is 6.13. The van der Waals surface area contributed by atoms with Crippen LogP contribution in [0.5, 0.6) is 5.75 Å². The van der Waals surface area contributed by atoms with Gasteiger partial charge in [0, 0.05) is 0 Å². The predicted octanol–water partition coefficient (Wildman–Crippen LogP) is 5.05. The highest BCUT2D eigenvalue weighted by molar-refractivity contribution is 6.42. The highest BCUT2D eigenvalue weighted by Crippen LogP contribution is 2.32. The van der Waals surface area contributed by atoms with Crippen LogP contribution in [0.15, 0.2) is 42.5 Å². The number of ether oxygens (including phenoxy) is 2. The molecule has 0 radical (unpaired) electrons. The zero-order valence-electron chi connectivity index (χ0n) is 13.1. The van der Waals surface area contributed by atoms with Crippen molar-refractivity contribution in [3.63, 3.8) is 0 Å². The molecule has 2 atom stereocenters. The van der Waals surface area contributed by atoms with Crippen molar-refractivity contribution in [1.29, 1.82) is 0 Å². The van der Waals surface area contributed by atoms with Crippen molar-refractivity contribution in [2.24, 2.45) is 11.8 Å². The van der Waals surface area contributed by atoms with Gasteiger partial charge in [0.2, 0.25) is 0 Å². The molecule has 0 spiro atoms. The molecular weight excluding hydrogens is 331 g/mol. The number of halogens is 2. The second-order valence-electron chi connectivity index (χ2n) is 6.03. The summed E-state index contributed by atoms with van der Waals surface area (Å²) in [6, 6.07) is 14.1. The molecule has 0 aliphatic carbocycles. The van der Waals surface area contributed by atoms with Gasteiger partial charge in [0.05, 0.1) is 30.4 Å². The predicted molar refractivity (Wildman–Crippen MR) is 94.7 cm³/mol. The van der Waals surface area contributed by atoms with Gasteiger partial charge in [0.15, 0.2) is 0 Å². The molecule has 0 aromatic heterocycles. The third kappa shape index (κ3) is 4.00. The minimum atomic E-state index is 0.483. The number of benzene rings is 2. The van der Waals surface area contributed by atoms with Gasteiger partial charge < -0.3 is 9.47 Å². The maximum Gasteiger partial charge on any atom is 0.122 e. The first kappa shape index (κ1) is 16.6. The van der Waals surface area contributed by atoms with E-state index in [1.807, 2.05) is 30.3 Å². The molecule has 23 heavy (non-hydrogen) atoms. The van der Waals surface area contributed by atoms with E-state index in [-0.39, 0.29) is 0 Å². The van der Waals surface area contributed by atoms with Crippen LogP contribution in [0.3, 0.4) is 0 Å². The number of rotatable bonds is 5. The number of hydrogen-bond donors (Lipinski definition) is 0. The van der Waals surface area contributed by atoms with E-state index in [1.165, 1.54) is 11.1 Å². The van der Waals surface area contributed by atoms with Crippen LogP contribution in [0.2, 0.25) is 10.0 Å². The van der Waals surface area contributed by atoms with Crippen LogP contribution in [0.25, 0.3) is 0 Å². The molecule has 0 N–H and O–H groups in total. The molecule has 1 heterocycles. The summed E-state index contributed by atoms with van der Waals surface area (Å²) in [4.78, 5) is 0. The average molecular weight is 351 g/mol. The monoisotopic (exact) mass is 350 g/mol. The summed E-state index contributed by atoms with van der Waals surface area (Å²) in [6.07, 6.45) is 1.92. The first-order valence-corrected chi connectivity index (χ1v) is 8.56. The molecule has 4 heteroatoms. The van der Waals surface area contributed by atoms with Crippen molar-refractivity contribution < 1.29 is 9.47 Å². The van der Waals surface area contributed by atoms with Gasteiger partial charge in [0.25, 0.3) is 0 Å². The summed E-state index contributed by atoms with van der Waals surface area (Å²) in [5.74, 6) is 1.92. The molecule has 1 saturated heterocycles. The molecule has 122 valence electrons. The van der Waals surface area contributed by atoms with Crippen molar-refractivity contribution in [2.45, 2.75) is 12.8 Å². The van der Waals surface area contributed by atoms with E-state index in [9.17, 15) is 0 Å². The molecule has 0 bridgehead atoms. The fourth-order valence-corrected chi connectivity index (χ4v) is 3.54. The number of methoxy groups -OCH3 is 1. The van der Waals surface area contributed by atoms with Crippen LogP contribution >= 0.6 is 23.2 Å². The lowest BCUT2D eigenvalue weighted by atomic mass is 9.85. The van der Waals surface area contributed by atoms with Crippen LogP contribution in [0.1, 0.15) is 11.1 Å². The van der Waals surface area contributed by atoms with Gasteiger partial charge in [-0.2, -0.15) is 0 Å². The summed E-state index contributed by atoms with van der Waals surface area (Å²) >= 11 is 12.1. The summed E-state index contributed by atoms with van der Waals surface area (Å²) in [7, 11) is 1.72. The van der Waals surface area contributed by atoms with E-state index in [0.29, 0.717) is 21.9 Å². The Morgan fingerprint density at radius 2 is 1.74 bits per heavy atom. The quantitative estimate of drug-likeness (QED) is 0.751. The van der Waals surface area contributed by atoms with E-state index in [1.54, 1.807) is 7.11 Å². The van der Waals surface area contributed by atoms with E-state index < -0.39 is 0 Å². The molecule has 1 fully saturated rings. The first-order chi connectivity index (χ1) is 11.2. The molecule has 0 saturated carbocycles.